The molecule has 2 heterocycles. The number of hydrogen-bond acceptors (Lipinski definition) is 8. The van der Waals surface area contributed by atoms with Crippen LogP contribution >= 0.6 is 0 Å². The van der Waals surface area contributed by atoms with E-state index in [-0.39, 0.29) is 41.8 Å². The Bertz CT molecular complexity index is 2010. The van der Waals surface area contributed by atoms with Gasteiger partial charge in [0.25, 0.3) is 0 Å². The van der Waals surface area contributed by atoms with Crippen LogP contribution in [0.2, 0.25) is 0 Å². The lowest BCUT2D eigenvalue weighted by Crippen LogP contribution is -2.39. The van der Waals surface area contributed by atoms with Crippen molar-refractivity contribution in [3.05, 3.63) is 75.1 Å². The molecule has 1 aromatic heterocycles. The number of methoxy groups -OCH3 is 3. The average Bonchev–Trinajstić information content (AvgIpc) is 3.25. The summed E-state index contributed by atoms with van der Waals surface area (Å²) in [5.74, 6) is 0.393. The van der Waals surface area contributed by atoms with Crippen LogP contribution in [0.1, 0.15) is 41.8 Å². The number of fused-ring (bicyclic) bond motifs is 6. The zero-order valence-electron chi connectivity index (χ0n) is 27.3. The molecule has 49 heavy (non-hydrogen) atoms. The third-order valence-electron chi connectivity index (χ3n) is 8.88. The monoisotopic (exact) mass is 680 g/mol. The van der Waals surface area contributed by atoms with E-state index in [0.29, 0.717) is 76.2 Å². The van der Waals surface area contributed by atoms with E-state index in [0.717, 1.165) is 11.3 Å². The highest BCUT2D eigenvalue weighted by molar-refractivity contribution is 5.88. The number of nitrogens with zero attached hydrogens (tertiary/aromatic N) is 1. The lowest BCUT2D eigenvalue weighted by molar-refractivity contribution is -0.274. The lowest BCUT2D eigenvalue weighted by Gasteiger charge is -2.27. The Morgan fingerprint density at radius 3 is 2.47 bits per heavy atom. The number of amides is 2. The van der Waals surface area contributed by atoms with E-state index in [1.54, 1.807) is 17.0 Å². The number of carbonyl (C=O) groups excluding carboxylic acids is 2. The summed E-state index contributed by atoms with van der Waals surface area (Å²) in [6, 6.07) is 10.3. The number of hydrogen-bond donors (Lipinski definition) is 3. The largest absolute Gasteiger partial charge is 0.573 e. The first-order valence-corrected chi connectivity index (χ1v) is 15.6. The van der Waals surface area contributed by atoms with Crippen LogP contribution in [0.25, 0.3) is 22.0 Å². The summed E-state index contributed by atoms with van der Waals surface area (Å²) in [6.45, 7) is 1.77. The number of halogens is 3. The van der Waals surface area contributed by atoms with Crippen molar-refractivity contribution >= 4 is 28.4 Å². The maximum atomic E-state index is 13.6. The Balaban J connectivity index is 1.30. The first kappa shape index (κ1) is 33.5. The van der Waals surface area contributed by atoms with Crippen LogP contribution in [0, 0.1) is 0 Å². The van der Waals surface area contributed by atoms with E-state index >= 15 is 0 Å². The summed E-state index contributed by atoms with van der Waals surface area (Å²) >= 11 is 0. The summed E-state index contributed by atoms with van der Waals surface area (Å²) in [4.78, 5) is 44.1. The van der Waals surface area contributed by atoms with Gasteiger partial charge in [0.1, 0.15) is 5.75 Å². The fourth-order valence-electron chi connectivity index (χ4n) is 6.74. The van der Waals surface area contributed by atoms with Crippen LogP contribution in [0.15, 0.2) is 47.3 Å². The van der Waals surface area contributed by atoms with Crippen molar-refractivity contribution in [2.75, 3.05) is 39.7 Å². The molecule has 1 aliphatic heterocycles. The maximum Gasteiger partial charge on any atom is 0.573 e. The number of ether oxygens (including phenoxy) is 4. The molecule has 4 aromatic rings. The van der Waals surface area contributed by atoms with E-state index in [1.807, 2.05) is 6.07 Å². The molecule has 0 unspecified atom stereocenters. The highest BCUT2D eigenvalue weighted by Gasteiger charge is 2.32. The molecule has 0 spiro atoms. The topological polar surface area (TPSA) is 131 Å². The van der Waals surface area contributed by atoms with Crippen LogP contribution in [0.4, 0.5) is 18.9 Å². The van der Waals surface area contributed by atoms with Gasteiger partial charge in [-0.1, -0.05) is 6.07 Å². The molecule has 2 aliphatic rings. The Labute approximate surface area is 279 Å². The van der Waals surface area contributed by atoms with Crippen LogP contribution < -0.4 is 35.0 Å². The van der Waals surface area contributed by atoms with Gasteiger partial charge in [0.05, 0.1) is 39.6 Å². The van der Waals surface area contributed by atoms with Gasteiger partial charge in [0.15, 0.2) is 11.5 Å². The minimum absolute atomic E-state index is 0.169. The van der Waals surface area contributed by atoms with Gasteiger partial charge in [0, 0.05) is 54.2 Å². The van der Waals surface area contributed by atoms with Crippen LogP contribution in [0.5, 0.6) is 23.0 Å². The average molecular weight is 681 g/mol. The minimum atomic E-state index is -4.83. The van der Waals surface area contributed by atoms with Gasteiger partial charge in [-0.25, -0.2) is 0 Å². The quantitative estimate of drug-likeness (QED) is 0.231. The van der Waals surface area contributed by atoms with Gasteiger partial charge in [0.2, 0.25) is 23.0 Å². The lowest BCUT2D eigenvalue weighted by atomic mass is 9.95. The van der Waals surface area contributed by atoms with E-state index in [4.69, 9.17) is 14.2 Å². The Morgan fingerprint density at radius 2 is 1.78 bits per heavy atom. The number of aromatic amines is 1. The Hall–Kier alpha value is -5.40. The molecule has 1 atom stereocenters. The third-order valence-corrected chi connectivity index (χ3v) is 8.88. The summed E-state index contributed by atoms with van der Waals surface area (Å²) in [6.07, 6.45) is -3.30. The molecule has 0 bridgehead atoms. The van der Waals surface area contributed by atoms with Crippen LogP contribution in [0.3, 0.4) is 0 Å². The maximum absolute atomic E-state index is 13.6. The second-order valence-corrected chi connectivity index (χ2v) is 11.9. The third kappa shape index (κ3) is 6.67. The molecule has 11 nitrogen and oxygen atoms in total. The predicted octanol–water partition coefficient (Wildman–Crippen LogP) is 5.24. The second-order valence-electron chi connectivity index (χ2n) is 11.9. The summed E-state index contributed by atoms with van der Waals surface area (Å²) in [5.41, 5.74) is 4.80. The molecule has 0 radical (unpaired) electrons. The van der Waals surface area contributed by atoms with E-state index in [9.17, 15) is 27.6 Å². The Morgan fingerprint density at radius 1 is 1.00 bits per heavy atom. The molecule has 3 N–H and O–H groups in total. The molecular formula is C35H35F3N4O7. The number of aryl methyl sites for hydroxylation is 1. The molecule has 0 saturated carbocycles. The van der Waals surface area contributed by atoms with Crippen molar-refractivity contribution in [3.63, 3.8) is 0 Å². The van der Waals surface area contributed by atoms with Gasteiger partial charge in [-0.2, -0.15) is 0 Å². The molecule has 0 saturated heterocycles. The minimum Gasteiger partial charge on any atom is -0.493 e. The van der Waals surface area contributed by atoms with Crippen molar-refractivity contribution in [2.45, 2.75) is 45.1 Å². The van der Waals surface area contributed by atoms with E-state index in [1.165, 1.54) is 52.5 Å². The van der Waals surface area contributed by atoms with E-state index < -0.39 is 12.4 Å². The van der Waals surface area contributed by atoms with Gasteiger partial charge < -0.3 is 39.5 Å². The van der Waals surface area contributed by atoms with Crippen LogP contribution in [-0.4, -0.2) is 62.5 Å². The Kier molecular flexibility index (Phi) is 9.06. The normalized spacial score (nSPS) is 15.3. The SMILES string of the molecule is COc1cc2c(c(OC)c1OC)-c1ccc(NCC(=O)N3CCc4[nH]c5ccc(OC(F)(F)F)cc5c4C3)c(=O)cc1[C@H](NC(C)=O)CC2. The van der Waals surface area contributed by atoms with Gasteiger partial charge in [-0.15, -0.1) is 13.2 Å². The van der Waals surface area contributed by atoms with Gasteiger partial charge in [-0.05, 0) is 65.9 Å². The number of H-pyrrole nitrogens is 1. The summed E-state index contributed by atoms with van der Waals surface area (Å²) < 4.78 is 59.7. The number of rotatable bonds is 8. The van der Waals surface area contributed by atoms with Crippen molar-refractivity contribution in [1.29, 1.82) is 0 Å². The highest BCUT2D eigenvalue weighted by atomic mass is 19.4. The molecule has 6 rings (SSSR count). The van der Waals surface area contributed by atoms with E-state index in [2.05, 4.69) is 20.4 Å². The number of carbonyl (C=O) groups is 2. The molecule has 0 fully saturated rings. The van der Waals surface area contributed by atoms with Crippen molar-refractivity contribution in [1.82, 2.24) is 15.2 Å². The zero-order chi connectivity index (χ0) is 35.0. The van der Waals surface area contributed by atoms with Crippen molar-refractivity contribution in [2.24, 2.45) is 0 Å². The van der Waals surface area contributed by atoms with Crippen LogP contribution in [-0.2, 0) is 29.0 Å². The molecule has 14 heteroatoms. The second kappa shape index (κ2) is 13.2. The number of benzene rings is 2. The molecular weight excluding hydrogens is 645 g/mol. The van der Waals surface area contributed by atoms with Gasteiger partial charge >= 0.3 is 6.36 Å². The smallest absolute Gasteiger partial charge is 0.493 e. The number of anilines is 1. The standard InChI is InChI=1S/C35H35F3N4O7/c1-18(43)40-25-8-5-19-13-30(46-2)33(47-3)34(48-4)32(19)21-7-10-28(29(44)15-23(21)25)39-16-31(45)42-12-11-27-24(17-42)22-14-20(49-35(36,37)38)6-9-26(22)41-27/h6-7,9-10,13-15,25,41H,5,8,11-12,16-17H2,1-4H3,(H,39,44)(H,40,43)/t25-/m1/s1. The fourth-order valence-corrected chi connectivity index (χ4v) is 6.74. The molecule has 2 amide bonds. The predicted molar refractivity (Wildman–Crippen MR) is 175 cm³/mol. The molecule has 1 aliphatic carbocycles. The first-order valence-electron chi connectivity index (χ1n) is 15.6. The zero-order valence-corrected chi connectivity index (χ0v) is 27.3. The molecule has 258 valence electrons. The summed E-state index contributed by atoms with van der Waals surface area (Å²) in [5, 5.41) is 6.49. The number of nitrogens with one attached hydrogen (secondary N) is 3. The highest BCUT2D eigenvalue weighted by Crippen LogP contribution is 2.50. The number of alkyl halides is 3. The molecule has 3 aromatic carbocycles. The van der Waals surface area contributed by atoms with Gasteiger partial charge in [-0.3, -0.25) is 14.4 Å². The number of aromatic nitrogens is 1. The van der Waals surface area contributed by atoms with Crippen molar-refractivity contribution < 1.29 is 41.7 Å². The summed E-state index contributed by atoms with van der Waals surface area (Å²) in [7, 11) is 4.55. The fraction of sp³-hybridized carbons (Fsp3) is 0.343. The van der Waals surface area contributed by atoms with Crippen molar-refractivity contribution in [3.8, 4) is 34.1 Å². The first-order chi connectivity index (χ1) is 23.4.